The fraction of sp³-hybridized carbons (Fsp3) is 0.200. The van der Waals surface area contributed by atoms with Gasteiger partial charge in [-0.1, -0.05) is 0 Å². The summed E-state index contributed by atoms with van der Waals surface area (Å²) in [6.45, 7) is 2.12. The van der Waals surface area contributed by atoms with Crippen LogP contribution in [0.5, 0.6) is 0 Å². The maximum absolute atomic E-state index is 11.5. The van der Waals surface area contributed by atoms with Crippen LogP contribution in [-0.4, -0.2) is 19.0 Å². The number of rotatable bonds is 5. The number of ether oxygens (including phenoxy) is 1. The van der Waals surface area contributed by atoms with E-state index >= 15 is 0 Å². The minimum atomic E-state index is -0.467. The lowest BCUT2D eigenvalue weighted by molar-refractivity contribution is 0.0598. The lowest BCUT2D eigenvalue weighted by Gasteiger charge is -2.04. The predicted octanol–water partition coefficient (Wildman–Crippen LogP) is 2.09. The Kier molecular flexibility index (Phi) is 4.27. The van der Waals surface area contributed by atoms with Crippen molar-refractivity contribution in [2.75, 3.05) is 12.4 Å². The van der Waals surface area contributed by atoms with Crippen molar-refractivity contribution in [1.82, 2.24) is 0 Å². The number of hydrogen-bond donors (Lipinski definition) is 2. The normalized spacial score (nSPS) is 10.2. The summed E-state index contributed by atoms with van der Waals surface area (Å²) in [5.74, 6) is 0.244. The van der Waals surface area contributed by atoms with Gasteiger partial charge in [-0.3, -0.25) is 4.79 Å². The Labute approximate surface area is 121 Å². The van der Waals surface area contributed by atoms with E-state index in [9.17, 15) is 9.59 Å². The molecule has 0 bridgehead atoms. The first-order chi connectivity index (χ1) is 10.0. The summed E-state index contributed by atoms with van der Waals surface area (Å²) in [6.07, 6.45) is 0. The molecule has 110 valence electrons. The molecular weight excluding hydrogens is 272 g/mol. The van der Waals surface area contributed by atoms with Crippen molar-refractivity contribution in [2.24, 2.45) is 5.73 Å². The van der Waals surface area contributed by atoms with Crippen LogP contribution in [0, 0.1) is 6.92 Å². The van der Waals surface area contributed by atoms with Gasteiger partial charge >= 0.3 is 5.97 Å². The molecule has 21 heavy (non-hydrogen) atoms. The van der Waals surface area contributed by atoms with E-state index in [1.54, 1.807) is 37.3 Å². The molecule has 0 aliphatic heterocycles. The summed E-state index contributed by atoms with van der Waals surface area (Å²) in [4.78, 5) is 22.4. The number of esters is 1. The van der Waals surface area contributed by atoms with Crippen LogP contribution in [0.1, 0.15) is 32.2 Å². The van der Waals surface area contributed by atoms with Gasteiger partial charge in [-0.05, 0) is 37.3 Å². The van der Waals surface area contributed by atoms with Gasteiger partial charge in [-0.15, -0.1) is 0 Å². The molecule has 1 aromatic heterocycles. The largest absolute Gasteiger partial charge is 0.465 e. The molecule has 0 fully saturated rings. The van der Waals surface area contributed by atoms with Crippen molar-refractivity contribution in [2.45, 2.75) is 13.5 Å². The number of nitrogens with two attached hydrogens (primary N) is 1. The van der Waals surface area contributed by atoms with Crippen LogP contribution in [0.15, 0.2) is 34.7 Å². The Morgan fingerprint density at radius 2 is 1.95 bits per heavy atom. The number of anilines is 1. The molecule has 6 nitrogen and oxygen atoms in total. The third kappa shape index (κ3) is 3.42. The molecular formula is C15H16N2O4. The van der Waals surface area contributed by atoms with E-state index in [4.69, 9.17) is 10.2 Å². The smallest absolute Gasteiger partial charge is 0.341 e. The van der Waals surface area contributed by atoms with Gasteiger partial charge in [0.2, 0.25) is 5.91 Å². The lowest BCUT2D eigenvalue weighted by atomic mass is 10.2. The van der Waals surface area contributed by atoms with Gasteiger partial charge in [0, 0.05) is 11.3 Å². The zero-order chi connectivity index (χ0) is 15.4. The molecule has 2 rings (SSSR count). The number of furan rings is 1. The molecule has 1 amide bonds. The fourth-order valence-corrected chi connectivity index (χ4v) is 1.88. The van der Waals surface area contributed by atoms with Crippen LogP contribution >= 0.6 is 0 Å². The number of aryl methyl sites for hydroxylation is 1. The third-order valence-corrected chi connectivity index (χ3v) is 3.01. The zero-order valence-electron chi connectivity index (χ0n) is 11.8. The number of amides is 1. The second kappa shape index (κ2) is 6.13. The van der Waals surface area contributed by atoms with Crippen LogP contribution in [0.4, 0.5) is 5.69 Å². The van der Waals surface area contributed by atoms with Gasteiger partial charge in [0.1, 0.15) is 17.1 Å². The molecule has 6 heteroatoms. The van der Waals surface area contributed by atoms with E-state index in [-0.39, 0.29) is 0 Å². The summed E-state index contributed by atoms with van der Waals surface area (Å²) in [5.41, 5.74) is 6.85. The topological polar surface area (TPSA) is 94.6 Å². The van der Waals surface area contributed by atoms with E-state index < -0.39 is 11.9 Å². The molecule has 0 saturated carbocycles. The van der Waals surface area contributed by atoms with E-state index in [0.29, 0.717) is 29.2 Å². The fourth-order valence-electron chi connectivity index (χ4n) is 1.88. The summed E-state index contributed by atoms with van der Waals surface area (Å²) < 4.78 is 10.1. The maximum Gasteiger partial charge on any atom is 0.341 e. The van der Waals surface area contributed by atoms with Gasteiger partial charge < -0.3 is 20.2 Å². The van der Waals surface area contributed by atoms with Crippen LogP contribution in [0.2, 0.25) is 0 Å². The minimum absolute atomic E-state index is 0.410. The Hall–Kier alpha value is -2.76. The first-order valence-electron chi connectivity index (χ1n) is 6.32. The van der Waals surface area contributed by atoms with Crippen molar-refractivity contribution in [1.29, 1.82) is 0 Å². The van der Waals surface area contributed by atoms with E-state index in [1.165, 1.54) is 7.11 Å². The molecule has 0 spiro atoms. The van der Waals surface area contributed by atoms with E-state index in [1.807, 2.05) is 0 Å². The van der Waals surface area contributed by atoms with E-state index in [2.05, 4.69) is 10.1 Å². The van der Waals surface area contributed by atoms with Crippen molar-refractivity contribution in [3.05, 3.63) is 53.0 Å². The number of nitrogens with one attached hydrogen (secondary N) is 1. The molecule has 2 aromatic rings. The van der Waals surface area contributed by atoms with Crippen LogP contribution in [0.3, 0.4) is 0 Å². The molecule has 0 unspecified atom stereocenters. The number of carbonyl (C=O) groups excluding carboxylic acids is 2. The Morgan fingerprint density at radius 1 is 1.29 bits per heavy atom. The lowest BCUT2D eigenvalue weighted by Crippen LogP contribution is -2.10. The van der Waals surface area contributed by atoms with Crippen LogP contribution in [0.25, 0.3) is 0 Å². The summed E-state index contributed by atoms with van der Waals surface area (Å²) >= 11 is 0. The molecule has 1 heterocycles. The van der Waals surface area contributed by atoms with Gasteiger partial charge in [0.05, 0.1) is 13.7 Å². The number of hydrogen-bond acceptors (Lipinski definition) is 5. The average molecular weight is 288 g/mol. The molecule has 0 aliphatic carbocycles. The first-order valence-corrected chi connectivity index (χ1v) is 6.32. The van der Waals surface area contributed by atoms with Gasteiger partial charge in [-0.2, -0.15) is 0 Å². The van der Waals surface area contributed by atoms with Crippen molar-refractivity contribution < 1.29 is 18.7 Å². The predicted molar refractivity (Wildman–Crippen MR) is 77.1 cm³/mol. The van der Waals surface area contributed by atoms with Crippen molar-refractivity contribution in [3.8, 4) is 0 Å². The summed E-state index contributed by atoms with van der Waals surface area (Å²) in [6, 6.07) is 8.41. The standard InChI is InChI=1S/C15H16N2O4/c1-9-13(15(19)20-2)7-12(21-9)8-17-11-5-3-10(4-6-11)14(16)18/h3-7,17H,8H2,1-2H3,(H2,16,18). The number of benzene rings is 1. The number of methoxy groups -OCH3 is 1. The highest BCUT2D eigenvalue weighted by atomic mass is 16.5. The average Bonchev–Trinajstić information content (AvgIpc) is 2.86. The zero-order valence-corrected chi connectivity index (χ0v) is 11.8. The van der Waals surface area contributed by atoms with Gasteiger partial charge in [0.25, 0.3) is 0 Å². The van der Waals surface area contributed by atoms with E-state index in [0.717, 1.165) is 5.69 Å². The molecule has 3 N–H and O–H groups in total. The Balaban J connectivity index is 2.03. The van der Waals surface area contributed by atoms with Crippen molar-refractivity contribution in [3.63, 3.8) is 0 Å². The monoisotopic (exact) mass is 288 g/mol. The third-order valence-electron chi connectivity index (χ3n) is 3.01. The highest BCUT2D eigenvalue weighted by Gasteiger charge is 2.15. The Bertz CT molecular complexity index is 659. The highest BCUT2D eigenvalue weighted by Crippen LogP contribution is 2.17. The first kappa shape index (κ1) is 14.6. The Morgan fingerprint density at radius 3 is 2.52 bits per heavy atom. The molecule has 0 radical (unpaired) electrons. The highest BCUT2D eigenvalue weighted by molar-refractivity contribution is 5.93. The maximum atomic E-state index is 11.5. The molecule has 1 aromatic carbocycles. The molecule has 0 aliphatic rings. The molecule has 0 saturated heterocycles. The van der Waals surface area contributed by atoms with Gasteiger partial charge in [-0.25, -0.2) is 4.79 Å². The minimum Gasteiger partial charge on any atom is -0.465 e. The SMILES string of the molecule is COC(=O)c1cc(CNc2ccc(C(N)=O)cc2)oc1C. The second-order valence-electron chi connectivity index (χ2n) is 4.47. The van der Waals surface area contributed by atoms with Crippen molar-refractivity contribution >= 4 is 17.6 Å². The number of carbonyl (C=O) groups is 2. The van der Waals surface area contributed by atoms with Crippen LogP contribution < -0.4 is 11.1 Å². The van der Waals surface area contributed by atoms with Gasteiger partial charge in [0.15, 0.2) is 0 Å². The quantitative estimate of drug-likeness (QED) is 0.821. The van der Waals surface area contributed by atoms with Crippen LogP contribution in [-0.2, 0) is 11.3 Å². The molecule has 0 atom stereocenters. The number of primary amides is 1. The second-order valence-corrected chi connectivity index (χ2v) is 4.47. The summed E-state index contributed by atoms with van der Waals surface area (Å²) in [7, 11) is 1.33. The summed E-state index contributed by atoms with van der Waals surface area (Å²) in [5, 5.41) is 3.13.